The lowest BCUT2D eigenvalue weighted by atomic mass is 9.73. The van der Waals surface area contributed by atoms with Crippen LogP contribution >= 0.6 is 0 Å². The highest BCUT2D eigenvalue weighted by Crippen LogP contribution is 2.39. The summed E-state index contributed by atoms with van der Waals surface area (Å²) in [6, 6.07) is 5.59. The van der Waals surface area contributed by atoms with Crippen molar-refractivity contribution in [1.82, 2.24) is 0 Å². The minimum atomic E-state index is -4.92. The predicted molar refractivity (Wildman–Crippen MR) is 127 cm³/mol. The van der Waals surface area contributed by atoms with Crippen molar-refractivity contribution in [2.45, 2.75) is 37.0 Å². The summed E-state index contributed by atoms with van der Waals surface area (Å²) in [5, 5.41) is 50.9. The summed E-state index contributed by atoms with van der Waals surface area (Å²) in [5.74, 6) is -7.28. The predicted octanol–water partition coefficient (Wildman–Crippen LogP) is 2.01. The molecule has 2 aromatic carbocycles. The van der Waals surface area contributed by atoms with Gasteiger partial charge in [0.25, 0.3) is 10.1 Å². The number of rotatable bonds is 8. The van der Waals surface area contributed by atoms with Crippen molar-refractivity contribution < 1.29 is 72.4 Å². The highest BCUT2D eigenvalue weighted by Gasteiger charge is 2.32. The summed E-state index contributed by atoms with van der Waals surface area (Å²) in [5.41, 5.74) is 0.240. The van der Waals surface area contributed by atoms with E-state index in [4.69, 9.17) is 35.2 Å². The number of hydrogen-bond acceptors (Lipinski definition) is 8. The van der Waals surface area contributed by atoms with E-state index < -0.39 is 62.0 Å². The molecule has 1 aliphatic carbocycles. The standard InChI is InChI=1S/C11H10O4.C8H6O7S.C4H6O4/c1-5-4-8-6(10(12)13)2-3-7(9(5)8)11(14)15;9-7(10)4-2-1-3-5(8(11)12)6(4)16(13,14)15;5-3(6)1-2-4(7)8/h2-3,5H,4H2,1H3,(H,12,13)(H,14,15);1-3H,(H,9,10)(H,11,12)(H,13,14,15);1-2H2,(H,5,6)(H,7,8). The lowest BCUT2D eigenvalue weighted by Gasteiger charge is -2.30. The fourth-order valence-electron chi connectivity index (χ4n) is 3.48. The Balaban J connectivity index is 0.000000310. The van der Waals surface area contributed by atoms with Crippen LogP contribution < -0.4 is 0 Å². The van der Waals surface area contributed by atoms with Crippen molar-refractivity contribution in [1.29, 1.82) is 0 Å². The molecular weight excluding hydrogens is 548 g/mol. The number of hydrogen-bond donors (Lipinski definition) is 7. The summed E-state index contributed by atoms with van der Waals surface area (Å²) in [6.07, 6.45) is 0.0583. The van der Waals surface area contributed by atoms with Gasteiger partial charge in [-0.15, -0.1) is 0 Å². The summed E-state index contributed by atoms with van der Waals surface area (Å²) >= 11 is 0. The molecule has 0 saturated heterocycles. The summed E-state index contributed by atoms with van der Waals surface area (Å²) in [7, 11) is -4.92. The van der Waals surface area contributed by atoms with Crippen molar-refractivity contribution in [2.75, 3.05) is 0 Å². The van der Waals surface area contributed by atoms with Crippen LogP contribution in [0.15, 0.2) is 35.2 Å². The van der Waals surface area contributed by atoms with Gasteiger partial charge in [-0.3, -0.25) is 14.1 Å². The van der Waals surface area contributed by atoms with Gasteiger partial charge in [-0.05, 0) is 47.7 Å². The first-order valence-electron chi connectivity index (χ1n) is 10.5. The second kappa shape index (κ2) is 13.1. The van der Waals surface area contributed by atoms with Crippen LogP contribution in [0.25, 0.3) is 0 Å². The normalized spacial score (nSPS) is 13.1. The lowest BCUT2D eigenvalue weighted by Crippen LogP contribution is -2.23. The Labute approximate surface area is 219 Å². The minimum Gasteiger partial charge on any atom is -0.481 e. The zero-order chi connectivity index (χ0) is 30.2. The molecule has 0 fully saturated rings. The van der Waals surface area contributed by atoms with Gasteiger partial charge in [-0.25, -0.2) is 19.2 Å². The molecule has 1 atom stereocenters. The largest absolute Gasteiger partial charge is 0.481 e. The van der Waals surface area contributed by atoms with Crippen LogP contribution in [0, 0.1) is 0 Å². The number of fused-ring (bicyclic) bond motifs is 1. The first-order chi connectivity index (χ1) is 17.9. The van der Waals surface area contributed by atoms with E-state index in [0.717, 1.165) is 18.2 Å². The topological polar surface area (TPSA) is 278 Å². The Bertz CT molecular complexity index is 1390. The van der Waals surface area contributed by atoms with Gasteiger partial charge in [-0.2, -0.15) is 8.42 Å². The molecule has 1 aliphatic rings. The molecule has 15 nitrogen and oxygen atoms in total. The lowest BCUT2D eigenvalue weighted by molar-refractivity contribution is -0.143. The summed E-state index contributed by atoms with van der Waals surface area (Å²) in [6.45, 7) is 1.90. The number of aliphatic carboxylic acids is 2. The van der Waals surface area contributed by atoms with E-state index in [1.54, 1.807) is 0 Å². The Morgan fingerprint density at radius 2 is 1.08 bits per heavy atom. The number of carbonyl (C=O) groups is 6. The quantitative estimate of drug-likeness (QED) is 0.223. The van der Waals surface area contributed by atoms with Crippen molar-refractivity contribution >= 4 is 45.9 Å². The van der Waals surface area contributed by atoms with Gasteiger partial charge in [0.05, 0.1) is 35.1 Å². The SMILES string of the molecule is CC1Cc2c(C(=O)O)ccc(C(=O)O)c21.O=C(O)CCC(=O)O.O=C(O)c1cccc(C(=O)O)c1S(=O)(=O)O. The van der Waals surface area contributed by atoms with Crippen LogP contribution in [0.1, 0.15) is 78.2 Å². The maximum absolute atomic E-state index is 10.9. The zero-order valence-corrected chi connectivity index (χ0v) is 20.7. The molecule has 0 heterocycles. The molecule has 0 aromatic heterocycles. The van der Waals surface area contributed by atoms with Crippen molar-refractivity contribution in [3.05, 3.63) is 63.7 Å². The third-order valence-corrected chi connectivity index (χ3v) is 6.06. The van der Waals surface area contributed by atoms with E-state index in [9.17, 15) is 37.2 Å². The molecule has 1 unspecified atom stereocenters. The van der Waals surface area contributed by atoms with Gasteiger partial charge in [0.1, 0.15) is 4.90 Å². The van der Waals surface area contributed by atoms with Crippen molar-refractivity contribution in [3.63, 3.8) is 0 Å². The van der Waals surface area contributed by atoms with Gasteiger partial charge in [0.2, 0.25) is 0 Å². The molecule has 0 aliphatic heterocycles. The molecule has 0 bridgehead atoms. The van der Waals surface area contributed by atoms with Crippen molar-refractivity contribution in [3.8, 4) is 0 Å². The Morgan fingerprint density at radius 1 is 0.692 bits per heavy atom. The maximum Gasteiger partial charge on any atom is 0.337 e. The zero-order valence-electron chi connectivity index (χ0n) is 19.9. The van der Waals surface area contributed by atoms with Gasteiger partial charge >= 0.3 is 35.8 Å². The van der Waals surface area contributed by atoms with Crippen LogP contribution in [-0.2, 0) is 26.1 Å². The molecular formula is C23H22O15S. The van der Waals surface area contributed by atoms with Crippen LogP contribution in [-0.4, -0.2) is 79.4 Å². The molecule has 3 rings (SSSR count). The third kappa shape index (κ3) is 8.61. The number of carboxylic acid groups (broad SMARTS) is 6. The van der Waals surface area contributed by atoms with E-state index in [2.05, 4.69) is 0 Å². The molecule has 2 aromatic rings. The number of benzene rings is 2. The first-order valence-corrected chi connectivity index (χ1v) is 12.0. The number of carboxylic acids is 6. The van der Waals surface area contributed by atoms with Crippen molar-refractivity contribution in [2.24, 2.45) is 0 Å². The van der Waals surface area contributed by atoms with Gasteiger partial charge in [-0.1, -0.05) is 13.0 Å². The average Bonchev–Trinajstić information content (AvgIpc) is 2.81. The Morgan fingerprint density at radius 3 is 1.38 bits per heavy atom. The maximum atomic E-state index is 10.9. The second-order valence-corrected chi connectivity index (χ2v) is 9.18. The number of aromatic carboxylic acids is 4. The molecule has 0 spiro atoms. The third-order valence-electron chi connectivity index (χ3n) is 5.11. The molecule has 0 radical (unpaired) electrons. The molecule has 0 saturated carbocycles. The van der Waals surface area contributed by atoms with E-state index in [0.29, 0.717) is 17.5 Å². The van der Waals surface area contributed by atoms with Crippen LogP contribution in [0.2, 0.25) is 0 Å². The highest BCUT2D eigenvalue weighted by atomic mass is 32.2. The van der Waals surface area contributed by atoms with Gasteiger partial charge in [0, 0.05) is 0 Å². The Hall–Kier alpha value is -4.83. The molecule has 39 heavy (non-hydrogen) atoms. The molecule has 0 amide bonds. The minimum absolute atomic E-state index is 0.144. The smallest absolute Gasteiger partial charge is 0.337 e. The molecule has 7 N–H and O–H groups in total. The Kier molecular flexibility index (Phi) is 10.8. The van der Waals surface area contributed by atoms with Crippen LogP contribution in [0.4, 0.5) is 0 Å². The molecule has 16 heteroatoms. The first kappa shape index (κ1) is 32.2. The molecule has 210 valence electrons. The summed E-state index contributed by atoms with van der Waals surface area (Å²) < 4.78 is 30.6. The van der Waals surface area contributed by atoms with E-state index in [1.165, 1.54) is 12.1 Å². The van der Waals surface area contributed by atoms with E-state index in [-0.39, 0.29) is 29.9 Å². The average molecular weight is 570 g/mol. The monoisotopic (exact) mass is 570 g/mol. The van der Waals surface area contributed by atoms with E-state index >= 15 is 0 Å². The fraction of sp³-hybridized carbons (Fsp3) is 0.217. The second-order valence-electron chi connectivity index (χ2n) is 7.82. The van der Waals surface area contributed by atoms with Gasteiger partial charge in [0.15, 0.2) is 0 Å². The van der Waals surface area contributed by atoms with Crippen LogP contribution in [0.5, 0.6) is 0 Å². The van der Waals surface area contributed by atoms with Gasteiger partial charge < -0.3 is 30.6 Å². The fourth-order valence-corrected chi connectivity index (χ4v) is 4.34. The summed E-state index contributed by atoms with van der Waals surface area (Å²) in [4.78, 5) is 61.3. The highest BCUT2D eigenvalue weighted by molar-refractivity contribution is 7.86. The van der Waals surface area contributed by atoms with Crippen LogP contribution in [0.3, 0.4) is 0 Å². The van der Waals surface area contributed by atoms with E-state index in [1.807, 2.05) is 6.92 Å².